The third-order valence-electron chi connectivity index (χ3n) is 2.83. The molecule has 5 nitrogen and oxygen atoms in total. The molecule has 0 radical (unpaired) electrons. The second kappa shape index (κ2) is 7.16. The summed E-state index contributed by atoms with van der Waals surface area (Å²) in [6.07, 6.45) is 5.34. The Bertz CT molecular complexity index is 355. The summed E-state index contributed by atoms with van der Waals surface area (Å²) in [6, 6.07) is 1.93. The fourth-order valence-electron chi connectivity index (χ4n) is 1.59. The highest BCUT2D eigenvalue weighted by molar-refractivity contribution is 5.46. The van der Waals surface area contributed by atoms with Gasteiger partial charge in [-0.2, -0.15) is 0 Å². The molecule has 5 heteroatoms. The lowest BCUT2D eigenvalue weighted by atomic mass is 10.4. The van der Waals surface area contributed by atoms with Crippen molar-refractivity contribution in [3.05, 3.63) is 12.4 Å². The summed E-state index contributed by atoms with van der Waals surface area (Å²) in [4.78, 5) is 8.33. The summed E-state index contributed by atoms with van der Waals surface area (Å²) < 4.78 is 5.55. The smallest absolute Gasteiger partial charge is 0.131 e. The second-order valence-corrected chi connectivity index (χ2v) is 4.66. The van der Waals surface area contributed by atoms with Gasteiger partial charge in [0, 0.05) is 25.8 Å². The van der Waals surface area contributed by atoms with Gasteiger partial charge in [-0.15, -0.1) is 0 Å². The number of aromatic nitrogens is 2. The lowest BCUT2D eigenvalue weighted by Gasteiger charge is -2.08. The molecule has 0 amide bonds. The van der Waals surface area contributed by atoms with Gasteiger partial charge >= 0.3 is 0 Å². The van der Waals surface area contributed by atoms with E-state index in [0.717, 1.165) is 50.3 Å². The van der Waals surface area contributed by atoms with Crippen molar-refractivity contribution in [1.29, 1.82) is 0 Å². The molecule has 0 unspecified atom stereocenters. The topological polar surface area (TPSA) is 59.1 Å². The Morgan fingerprint density at radius 2 is 1.94 bits per heavy atom. The molecule has 0 atom stereocenters. The number of hydrogen-bond donors (Lipinski definition) is 2. The van der Waals surface area contributed by atoms with Crippen LogP contribution in [0.15, 0.2) is 12.4 Å². The fraction of sp³-hybridized carbons (Fsp3) is 0.692. The molecule has 0 aromatic carbocycles. The molecular formula is C13H22N4O. The quantitative estimate of drug-likeness (QED) is 0.658. The standard InChI is InChI=1S/C13H22N4O/c1-2-5-14-12-8-13(17-10-16-12)15-6-7-18-9-11-3-4-11/h8,10-11H,2-7,9H2,1H3,(H2,14,15,16,17). The largest absolute Gasteiger partial charge is 0.379 e. The Balaban J connectivity index is 1.64. The van der Waals surface area contributed by atoms with Gasteiger partial charge in [0.05, 0.1) is 6.61 Å². The van der Waals surface area contributed by atoms with Gasteiger partial charge in [0.25, 0.3) is 0 Å². The molecule has 2 N–H and O–H groups in total. The van der Waals surface area contributed by atoms with Gasteiger partial charge in [0.1, 0.15) is 18.0 Å². The van der Waals surface area contributed by atoms with Crippen molar-refractivity contribution in [3.63, 3.8) is 0 Å². The maximum absolute atomic E-state index is 5.55. The molecule has 0 bridgehead atoms. The van der Waals surface area contributed by atoms with E-state index in [0.29, 0.717) is 0 Å². The van der Waals surface area contributed by atoms with Crippen LogP contribution in [0.3, 0.4) is 0 Å². The summed E-state index contributed by atoms with van der Waals surface area (Å²) in [7, 11) is 0. The van der Waals surface area contributed by atoms with Crippen molar-refractivity contribution in [1.82, 2.24) is 9.97 Å². The van der Waals surface area contributed by atoms with E-state index in [-0.39, 0.29) is 0 Å². The van der Waals surface area contributed by atoms with Crippen LogP contribution in [0.2, 0.25) is 0 Å². The third-order valence-corrected chi connectivity index (χ3v) is 2.83. The SMILES string of the molecule is CCCNc1cc(NCCOCC2CC2)ncn1. The number of nitrogens with zero attached hydrogens (tertiary/aromatic N) is 2. The number of anilines is 2. The Morgan fingerprint density at radius 3 is 2.61 bits per heavy atom. The molecule has 1 aromatic rings. The zero-order chi connectivity index (χ0) is 12.6. The number of nitrogens with one attached hydrogen (secondary N) is 2. The summed E-state index contributed by atoms with van der Waals surface area (Å²) in [5.74, 6) is 2.54. The Labute approximate surface area is 108 Å². The average Bonchev–Trinajstić information content (AvgIpc) is 3.20. The van der Waals surface area contributed by atoms with Crippen LogP contribution < -0.4 is 10.6 Å². The van der Waals surface area contributed by atoms with Gasteiger partial charge in [-0.05, 0) is 25.2 Å². The van der Waals surface area contributed by atoms with Crippen LogP contribution in [-0.2, 0) is 4.74 Å². The Kier molecular flexibility index (Phi) is 5.20. The van der Waals surface area contributed by atoms with Gasteiger partial charge in [0.2, 0.25) is 0 Å². The van der Waals surface area contributed by atoms with Gasteiger partial charge < -0.3 is 15.4 Å². The highest BCUT2D eigenvalue weighted by Gasteiger charge is 2.20. The van der Waals surface area contributed by atoms with E-state index in [4.69, 9.17) is 4.74 Å². The molecule has 1 fully saturated rings. The minimum absolute atomic E-state index is 0.734. The fourth-order valence-corrected chi connectivity index (χ4v) is 1.59. The van der Waals surface area contributed by atoms with Crippen LogP contribution in [-0.4, -0.2) is 36.3 Å². The lowest BCUT2D eigenvalue weighted by Crippen LogP contribution is -2.12. The molecule has 100 valence electrons. The maximum Gasteiger partial charge on any atom is 0.131 e. The van der Waals surface area contributed by atoms with Gasteiger partial charge in [0.15, 0.2) is 0 Å². The van der Waals surface area contributed by atoms with E-state index in [2.05, 4.69) is 27.5 Å². The van der Waals surface area contributed by atoms with Crippen molar-refractivity contribution >= 4 is 11.6 Å². The van der Waals surface area contributed by atoms with Crippen LogP contribution >= 0.6 is 0 Å². The Morgan fingerprint density at radius 1 is 1.22 bits per heavy atom. The van der Waals surface area contributed by atoms with Crippen molar-refractivity contribution in [2.75, 3.05) is 36.9 Å². The minimum Gasteiger partial charge on any atom is -0.379 e. The molecular weight excluding hydrogens is 228 g/mol. The predicted molar refractivity (Wildman–Crippen MR) is 72.8 cm³/mol. The van der Waals surface area contributed by atoms with E-state index in [1.54, 1.807) is 6.33 Å². The van der Waals surface area contributed by atoms with Crippen LogP contribution in [0, 0.1) is 5.92 Å². The highest BCUT2D eigenvalue weighted by atomic mass is 16.5. The first-order valence-electron chi connectivity index (χ1n) is 6.76. The van der Waals surface area contributed by atoms with Crippen LogP contribution in [0.4, 0.5) is 11.6 Å². The molecule has 0 aliphatic heterocycles. The molecule has 18 heavy (non-hydrogen) atoms. The zero-order valence-electron chi connectivity index (χ0n) is 11.0. The van der Waals surface area contributed by atoms with Crippen LogP contribution in [0.1, 0.15) is 26.2 Å². The first-order chi connectivity index (χ1) is 8.88. The van der Waals surface area contributed by atoms with E-state index < -0.39 is 0 Å². The first-order valence-corrected chi connectivity index (χ1v) is 6.76. The van der Waals surface area contributed by atoms with E-state index in [1.807, 2.05) is 6.07 Å². The average molecular weight is 250 g/mol. The van der Waals surface area contributed by atoms with Crippen molar-refractivity contribution in [3.8, 4) is 0 Å². The van der Waals surface area contributed by atoms with Gasteiger partial charge in [-0.25, -0.2) is 9.97 Å². The second-order valence-electron chi connectivity index (χ2n) is 4.66. The van der Waals surface area contributed by atoms with Gasteiger partial charge in [-0.1, -0.05) is 6.92 Å². The molecule has 2 rings (SSSR count). The molecule has 0 spiro atoms. The maximum atomic E-state index is 5.55. The molecule has 1 saturated carbocycles. The molecule has 1 aliphatic carbocycles. The number of rotatable bonds is 9. The highest BCUT2D eigenvalue weighted by Crippen LogP contribution is 2.28. The molecule has 1 heterocycles. The molecule has 1 aromatic heterocycles. The normalized spacial score (nSPS) is 14.5. The van der Waals surface area contributed by atoms with Crippen molar-refractivity contribution < 1.29 is 4.74 Å². The minimum atomic E-state index is 0.734. The van der Waals surface area contributed by atoms with Crippen LogP contribution in [0.5, 0.6) is 0 Å². The zero-order valence-corrected chi connectivity index (χ0v) is 11.0. The Hall–Kier alpha value is -1.36. The molecule has 0 saturated heterocycles. The monoisotopic (exact) mass is 250 g/mol. The van der Waals surface area contributed by atoms with Crippen molar-refractivity contribution in [2.24, 2.45) is 5.92 Å². The van der Waals surface area contributed by atoms with E-state index >= 15 is 0 Å². The summed E-state index contributed by atoms with van der Waals surface area (Å²) in [6.45, 7) is 5.50. The first kappa shape index (κ1) is 13.1. The number of hydrogen-bond acceptors (Lipinski definition) is 5. The van der Waals surface area contributed by atoms with E-state index in [9.17, 15) is 0 Å². The summed E-state index contributed by atoms with van der Waals surface area (Å²) in [5.41, 5.74) is 0. The van der Waals surface area contributed by atoms with Crippen LogP contribution in [0.25, 0.3) is 0 Å². The molecule has 1 aliphatic rings. The lowest BCUT2D eigenvalue weighted by molar-refractivity contribution is 0.134. The summed E-state index contributed by atoms with van der Waals surface area (Å²) >= 11 is 0. The summed E-state index contributed by atoms with van der Waals surface area (Å²) in [5, 5.41) is 6.48. The third kappa shape index (κ3) is 4.87. The van der Waals surface area contributed by atoms with Gasteiger partial charge in [-0.3, -0.25) is 0 Å². The number of ether oxygens (including phenoxy) is 1. The van der Waals surface area contributed by atoms with Crippen molar-refractivity contribution in [2.45, 2.75) is 26.2 Å². The van der Waals surface area contributed by atoms with E-state index in [1.165, 1.54) is 12.8 Å². The predicted octanol–water partition coefficient (Wildman–Crippen LogP) is 2.14.